The Balaban J connectivity index is 2.43. The average molecular weight is 150 g/mol. The Kier molecular flexibility index (Phi) is 1.38. The molecule has 11 heavy (non-hydrogen) atoms. The monoisotopic (exact) mass is 150 g/mol. The molecule has 0 radical (unpaired) electrons. The van der Waals surface area contributed by atoms with E-state index in [1.165, 1.54) is 5.56 Å². The summed E-state index contributed by atoms with van der Waals surface area (Å²) >= 11 is 0. The maximum atomic E-state index is 5.42. The van der Waals surface area contributed by atoms with Crippen LogP contribution in [0.2, 0.25) is 0 Å². The normalized spacial score (nSPS) is 15.3. The molecule has 0 aromatic carbocycles. The Morgan fingerprint density at radius 1 is 1.55 bits per heavy atom. The maximum absolute atomic E-state index is 5.42. The van der Waals surface area contributed by atoms with Crippen LogP contribution >= 0.6 is 0 Å². The van der Waals surface area contributed by atoms with Gasteiger partial charge in [-0.25, -0.2) is 4.98 Å². The predicted molar refractivity (Wildman–Crippen MR) is 43.3 cm³/mol. The molecule has 0 amide bonds. The molecule has 2 heterocycles. The number of nitrogens with zero attached hydrogens (tertiary/aromatic N) is 2. The summed E-state index contributed by atoms with van der Waals surface area (Å²) in [5.74, 6) is 1.25. The highest BCUT2D eigenvalue weighted by atomic mass is 15.1. The van der Waals surface area contributed by atoms with Crippen molar-refractivity contribution in [1.29, 1.82) is 0 Å². The van der Waals surface area contributed by atoms with E-state index in [0.29, 0.717) is 5.95 Å². The summed E-state index contributed by atoms with van der Waals surface area (Å²) < 4.78 is 0. The summed E-state index contributed by atoms with van der Waals surface area (Å²) in [6, 6.07) is 0. The van der Waals surface area contributed by atoms with Gasteiger partial charge >= 0.3 is 0 Å². The van der Waals surface area contributed by atoms with Gasteiger partial charge in [-0.15, -0.1) is 0 Å². The minimum absolute atomic E-state index is 0.346. The molecule has 1 aliphatic rings. The lowest BCUT2D eigenvalue weighted by Crippen LogP contribution is -2.14. The van der Waals surface area contributed by atoms with Crippen molar-refractivity contribution >= 4 is 11.8 Å². The van der Waals surface area contributed by atoms with E-state index in [1.807, 2.05) is 0 Å². The molecule has 4 nitrogen and oxygen atoms in total. The second kappa shape index (κ2) is 2.38. The number of fused-ring (bicyclic) bond motifs is 1. The molecule has 1 aromatic heterocycles. The highest BCUT2D eigenvalue weighted by molar-refractivity contribution is 5.47. The molecule has 3 N–H and O–H groups in total. The van der Waals surface area contributed by atoms with Crippen molar-refractivity contribution in [3.63, 3.8) is 0 Å². The fourth-order valence-corrected chi connectivity index (χ4v) is 1.24. The van der Waals surface area contributed by atoms with Gasteiger partial charge in [0.1, 0.15) is 5.82 Å². The van der Waals surface area contributed by atoms with Gasteiger partial charge in [-0.1, -0.05) is 0 Å². The number of nitrogen functional groups attached to an aromatic ring is 1. The number of aromatic nitrogens is 2. The third-order valence-corrected chi connectivity index (χ3v) is 1.80. The van der Waals surface area contributed by atoms with E-state index in [1.54, 1.807) is 6.20 Å². The summed E-state index contributed by atoms with van der Waals surface area (Å²) in [6.07, 6.45) is 4.01. The first kappa shape index (κ1) is 6.39. The summed E-state index contributed by atoms with van der Waals surface area (Å²) in [7, 11) is 0. The van der Waals surface area contributed by atoms with Crippen molar-refractivity contribution in [2.45, 2.75) is 12.8 Å². The summed E-state index contributed by atoms with van der Waals surface area (Å²) in [6.45, 7) is 0.990. The van der Waals surface area contributed by atoms with Crippen molar-refractivity contribution in [2.24, 2.45) is 0 Å². The zero-order chi connectivity index (χ0) is 7.68. The number of hydrogen-bond acceptors (Lipinski definition) is 4. The Morgan fingerprint density at radius 3 is 3.36 bits per heavy atom. The molecule has 2 rings (SSSR count). The van der Waals surface area contributed by atoms with Gasteiger partial charge in [-0.3, -0.25) is 0 Å². The van der Waals surface area contributed by atoms with Crippen molar-refractivity contribution in [3.8, 4) is 0 Å². The average Bonchev–Trinajstić information content (AvgIpc) is 2.04. The quantitative estimate of drug-likeness (QED) is 0.562. The molecule has 0 saturated heterocycles. The third kappa shape index (κ3) is 1.11. The number of rotatable bonds is 0. The fraction of sp³-hybridized carbons (Fsp3) is 0.429. The lowest BCUT2D eigenvalue weighted by Gasteiger charge is -2.15. The standard InChI is InChI=1S/C7H10N4/c8-7-10-4-5-2-1-3-9-6(5)11-7/h4H,1-3H2,(H3,8,9,10,11). The van der Waals surface area contributed by atoms with Crippen LogP contribution in [0.1, 0.15) is 12.0 Å². The second-order valence-electron chi connectivity index (χ2n) is 2.63. The van der Waals surface area contributed by atoms with Crippen LogP contribution in [0.5, 0.6) is 0 Å². The molecule has 1 aromatic rings. The maximum Gasteiger partial charge on any atom is 0.221 e. The van der Waals surface area contributed by atoms with Gasteiger partial charge in [0.05, 0.1) is 0 Å². The zero-order valence-electron chi connectivity index (χ0n) is 6.17. The van der Waals surface area contributed by atoms with Crippen LogP contribution < -0.4 is 11.1 Å². The summed E-state index contributed by atoms with van der Waals surface area (Å²) in [4.78, 5) is 7.99. The first-order chi connectivity index (χ1) is 5.36. The van der Waals surface area contributed by atoms with Gasteiger partial charge in [0.25, 0.3) is 0 Å². The molecule has 1 aliphatic heterocycles. The topological polar surface area (TPSA) is 63.8 Å². The molecule has 4 heteroatoms. The van der Waals surface area contributed by atoms with Crippen LogP contribution in [-0.2, 0) is 6.42 Å². The minimum atomic E-state index is 0.346. The zero-order valence-corrected chi connectivity index (χ0v) is 6.17. The molecule has 0 unspecified atom stereocenters. The SMILES string of the molecule is Nc1ncc2c(n1)NCCC2. The molecule has 0 atom stereocenters. The van der Waals surface area contributed by atoms with Gasteiger partial charge < -0.3 is 11.1 Å². The van der Waals surface area contributed by atoms with Gasteiger partial charge in [0.2, 0.25) is 5.95 Å². The van der Waals surface area contributed by atoms with Crippen molar-refractivity contribution in [1.82, 2.24) is 9.97 Å². The van der Waals surface area contributed by atoms with Gasteiger partial charge in [-0.2, -0.15) is 4.98 Å². The molecule has 58 valence electrons. The van der Waals surface area contributed by atoms with Crippen LogP contribution in [0.25, 0.3) is 0 Å². The number of nitrogens with two attached hydrogens (primary N) is 1. The summed E-state index contributed by atoms with van der Waals surface area (Å²) in [5, 5.41) is 3.17. The number of aryl methyl sites for hydroxylation is 1. The van der Waals surface area contributed by atoms with Crippen molar-refractivity contribution in [3.05, 3.63) is 11.8 Å². The molecular formula is C7H10N4. The van der Waals surface area contributed by atoms with Crippen molar-refractivity contribution < 1.29 is 0 Å². The van der Waals surface area contributed by atoms with Gasteiger partial charge in [-0.05, 0) is 12.8 Å². The van der Waals surface area contributed by atoms with Crippen LogP contribution in [0, 0.1) is 0 Å². The Hall–Kier alpha value is -1.32. The lowest BCUT2D eigenvalue weighted by atomic mass is 10.1. The molecule has 0 fully saturated rings. The van der Waals surface area contributed by atoms with E-state index >= 15 is 0 Å². The molecule has 0 saturated carbocycles. The second-order valence-corrected chi connectivity index (χ2v) is 2.63. The van der Waals surface area contributed by atoms with Crippen LogP contribution in [0.15, 0.2) is 6.20 Å². The predicted octanol–water partition coefficient (Wildman–Crippen LogP) is 0.417. The van der Waals surface area contributed by atoms with Crippen LogP contribution in [-0.4, -0.2) is 16.5 Å². The third-order valence-electron chi connectivity index (χ3n) is 1.80. The highest BCUT2D eigenvalue weighted by Crippen LogP contribution is 2.18. The molecular weight excluding hydrogens is 140 g/mol. The van der Waals surface area contributed by atoms with E-state index in [0.717, 1.165) is 25.2 Å². The number of hydrogen-bond donors (Lipinski definition) is 2. The van der Waals surface area contributed by atoms with Gasteiger partial charge in [0, 0.05) is 18.3 Å². The molecule has 0 bridgehead atoms. The Labute approximate surface area is 64.8 Å². The van der Waals surface area contributed by atoms with Gasteiger partial charge in [0.15, 0.2) is 0 Å². The lowest BCUT2D eigenvalue weighted by molar-refractivity contribution is 0.810. The minimum Gasteiger partial charge on any atom is -0.370 e. The molecule has 0 spiro atoms. The fourth-order valence-electron chi connectivity index (χ4n) is 1.24. The van der Waals surface area contributed by atoms with E-state index in [2.05, 4.69) is 15.3 Å². The van der Waals surface area contributed by atoms with Crippen molar-refractivity contribution in [2.75, 3.05) is 17.6 Å². The van der Waals surface area contributed by atoms with Crippen LogP contribution in [0.4, 0.5) is 11.8 Å². The first-order valence-corrected chi connectivity index (χ1v) is 3.71. The van der Waals surface area contributed by atoms with E-state index in [4.69, 9.17) is 5.73 Å². The van der Waals surface area contributed by atoms with E-state index in [-0.39, 0.29) is 0 Å². The molecule has 0 aliphatic carbocycles. The largest absolute Gasteiger partial charge is 0.370 e. The highest BCUT2D eigenvalue weighted by Gasteiger charge is 2.09. The first-order valence-electron chi connectivity index (χ1n) is 3.71. The smallest absolute Gasteiger partial charge is 0.221 e. The summed E-state index contributed by atoms with van der Waals surface area (Å²) in [5.41, 5.74) is 6.59. The Bertz CT molecular complexity index is 271. The van der Waals surface area contributed by atoms with E-state index < -0.39 is 0 Å². The van der Waals surface area contributed by atoms with Crippen LogP contribution in [0.3, 0.4) is 0 Å². The number of nitrogens with one attached hydrogen (secondary N) is 1. The number of anilines is 2. The Morgan fingerprint density at radius 2 is 2.45 bits per heavy atom. The van der Waals surface area contributed by atoms with E-state index in [9.17, 15) is 0 Å².